The summed E-state index contributed by atoms with van der Waals surface area (Å²) in [4.78, 5) is 55.6. The zero-order valence-electron chi connectivity index (χ0n) is 22.1. The minimum absolute atomic E-state index is 0.0620. The Morgan fingerprint density at radius 2 is 1.74 bits per heavy atom. The van der Waals surface area contributed by atoms with Crippen LogP contribution in [-0.4, -0.2) is 83.2 Å². The fourth-order valence-corrected chi connectivity index (χ4v) is 3.74. The number of ether oxygens (including phenoxy) is 1. The van der Waals surface area contributed by atoms with E-state index in [2.05, 4.69) is 20.9 Å². The van der Waals surface area contributed by atoms with Crippen LogP contribution in [0.5, 0.6) is 5.75 Å². The van der Waals surface area contributed by atoms with Crippen LogP contribution >= 0.6 is 0 Å². The molecule has 210 valence electrons. The lowest BCUT2D eigenvalue weighted by Crippen LogP contribution is -2.58. The number of rotatable bonds is 14. The van der Waals surface area contributed by atoms with Gasteiger partial charge in [-0.15, -0.1) is 0 Å². The van der Waals surface area contributed by atoms with E-state index in [1.54, 1.807) is 27.7 Å². The highest BCUT2D eigenvalue weighted by atomic mass is 16.6. The van der Waals surface area contributed by atoms with Crippen molar-refractivity contribution in [3.63, 3.8) is 0 Å². The van der Waals surface area contributed by atoms with E-state index in [1.807, 2.05) is 0 Å². The first-order chi connectivity index (χ1) is 17.8. The molecule has 0 bridgehead atoms. The lowest BCUT2D eigenvalue weighted by atomic mass is 9.96. The third-order valence-corrected chi connectivity index (χ3v) is 6.28. The number of benzene rings is 1. The number of carbonyl (C=O) groups is 4. The predicted molar refractivity (Wildman–Crippen MR) is 139 cm³/mol. The average molecular weight is 535 g/mol. The van der Waals surface area contributed by atoms with Gasteiger partial charge >= 0.3 is 0 Å². The summed E-state index contributed by atoms with van der Waals surface area (Å²) >= 11 is 0. The normalized spacial score (nSPS) is 18.6. The number of phenolic OH excluding ortho intramolecular Hbond substituents is 1. The number of nitrogens with one attached hydrogen (secondary N) is 3. The molecule has 1 aromatic rings. The number of aromatic hydroxyl groups is 1. The number of aliphatic imine (C=N–C) groups is 1. The van der Waals surface area contributed by atoms with Gasteiger partial charge in [0.05, 0.1) is 19.3 Å². The van der Waals surface area contributed by atoms with Crippen molar-refractivity contribution >= 4 is 29.5 Å². The monoisotopic (exact) mass is 534 g/mol. The van der Waals surface area contributed by atoms with E-state index in [4.69, 9.17) is 16.2 Å². The van der Waals surface area contributed by atoms with E-state index in [0.29, 0.717) is 12.0 Å². The summed E-state index contributed by atoms with van der Waals surface area (Å²) in [6, 6.07) is 1.07. The van der Waals surface area contributed by atoms with Gasteiger partial charge in [0, 0.05) is 17.7 Å². The molecule has 1 fully saturated rings. The Bertz CT molecular complexity index is 1070. The molecule has 13 heteroatoms. The molecule has 1 aromatic carbocycles. The van der Waals surface area contributed by atoms with Crippen LogP contribution in [0, 0.1) is 12.8 Å². The second kappa shape index (κ2) is 13.2. The van der Waals surface area contributed by atoms with Crippen LogP contribution in [0.1, 0.15) is 49.5 Å². The highest BCUT2D eigenvalue weighted by Crippen LogP contribution is 2.29. The van der Waals surface area contributed by atoms with Crippen LogP contribution in [0.3, 0.4) is 0 Å². The molecule has 0 saturated carbocycles. The zero-order chi connectivity index (χ0) is 28.6. The van der Waals surface area contributed by atoms with Gasteiger partial charge in [0.1, 0.15) is 23.4 Å². The van der Waals surface area contributed by atoms with Crippen molar-refractivity contribution in [3.8, 4) is 5.75 Å². The topological polar surface area (TPSA) is 222 Å². The molecule has 9 N–H and O–H groups in total. The van der Waals surface area contributed by atoms with Crippen LogP contribution in [0.15, 0.2) is 23.2 Å². The van der Waals surface area contributed by atoms with Crippen LogP contribution in [0.4, 0.5) is 0 Å². The molecule has 0 spiro atoms. The van der Waals surface area contributed by atoms with Gasteiger partial charge in [0.15, 0.2) is 11.7 Å². The van der Waals surface area contributed by atoms with Crippen LogP contribution in [0.2, 0.25) is 0 Å². The Balaban J connectivity index is 2.09. The second-order valence-electron chi connectivity index (χ2n) is 9.78. The number of amides is 3. The van der Waals surface area contributed by atoms with Crippen LogP contribution < -0.4 is 27.4 Å². The summed E-state index contributed by atoms with van der Waals surface area (Å²) in [7, 11) is 0. The number of epoxide rings is 1. The summed E-state index contributed by atoms with van der Waals surface area (Å²) in [6.07, 6.45) is 0.594. The van der Waals surface area contributed by atoms with E-state index in [0.717, 1.165) is 0 Å². The summed E-state index contributed by atoms with van der Waals surface area (Å²) in [5.41, 5.74) is 10.2. The molecule has 0 radical (unpaired) electrons. The third-order valence-electron chi connectivity index (χ3n) is 6.28. The van der Waals surface area contributed by atoms with Crippen LogP contribution in [-0.2, 0) is 19.1 Å². The van der Waals surface area contributed by atoms with Gasteiger partial charge in [-0.05, 0) is 44.7 Å². The van der Waals surface area contributed by atoms with Crippen molar-refractivity contribution in [2.24, 2.45) is 22.4 Å². The standard InChI is InChI=1S/C25H38N6O7/c1-13(2)19(31-21(35)15-7-5-9-18(33)14(15)3)23(37)30-17(11-32)22(36)29-16(8-6-10-28-24(26)27)20(34)25(4)12-38-25/h5,7,9,13,16-17,19,32-33H,6,8,10-12H2,1-4H3,(H,29,36)(H,30,37)(H,31,35)(H4,26,27,28)/t16-,17?,19-,25+/m0/s1. The summed E-state index contributed by atoms with van der Waals surface area (Å²) in [5.74, 6) is -2.93. The van der Waals surface area contributed by atoms with Gasteiger partial charge in [-0.25, -0.2) is 0 Å². The number of phenols is 1. The molecule has 3 amide bonds. The number of guanidine groups is 1. The Morgan fingerprint density at radius 3 is 2.29 bits per heavy atom. The van der Waals surface area contributed by atoms with Gasteiger partial charge in [0.25, 0.3) is 5.91 Å². The first-order valence-electron chi connectivity index (χ1n) is 12.4. The van der Waals surface area contributed by atoms with Gasteiger partial charge in [-0.3, -0.25) is 24.2 Å². The highest BCUT2D eigenvalue weighted by Gasteiger charge is 2.50. The Labute approximate surface area is 221 Å². The number of Topliss-reactive ketones (excluding diaryl/α,β-unsaturated/α-hetero) is 1. The van der Waals surface area contributed by atoms with Crippen molar-refractivity contribution < 1.29 is 34.1 Å². The minimum atomic E-state index is -1.39. The highest BCUT2D eigenvalue weighted by molar-refractivity contribution is 6.00. The average Bonchev–Trinajstić information content (AvgIpc) is 3.61. The molecule has 0 aromatic heterocycles. The second-order valence-corrected chi connectivity index (χ2v) is 9.78. The van der Waals surface area contributed by atoms with Crippen molar-refractivity contribution in [2.75, 3.05) is 19.8 Å². The maximum absolute atomic E-state index is 13.0. The summed E-state index contributed by atoms with van der Waals surface area (Å²) < 4.78 is 5.22. The minimum Gasteiger partial charge on any atom is -0.508 e. The summed E-state index contributed by atoms with van der Waals surface area (Å²) in [5, 5.41) is 27.4. The molecule has 1 heterocycles. The maximum Gasteiger partial charge on any atom is 0.252 e. The smallest absolute Gasteiger partial charge is 0.252 e. The molecule has 1 aliphatic rings. The number of ketones is 1. The summed E-state index contributed by atoms with van der Waals surface area (Å²) in [6.45, 7) is 6.31. The lowest BCUT2D eigenvalue weighted by Gasteiger charge is -2.26. The fourth-order valence-electron chi connectivity index (χ4n) is 3.74. The SMILES string of the molecule is Cc1c(O)cccc1C(=O)N[C@H](C(=O)NC(CO)C(=O)N[C@@H](CCCN=C(N)N)C(=O)[C@@]1(C)CO1)C(C)C. The molecule has 1 unspecified atom stereocenters. The fraction of sp³-hybridized carbons (Fsp3) is 0.560. The van der Waals surface area contributed by atoms with Crippen molar-refractivity contribution in [1.29, 1.82) is 0 Å². The van der Waals surface area contributed by atoms with Gasteiger partial charge in [0.2, 0.25) is 11.8 Å². The number of hydrogen-bond acceptors (Lipinski definition) is 8. The van der Waals surface area contributed by atoms with Gasteiger partial charge < -0.3 is 42.4 Å². The van der Waals surface area contributed by atoms with Crippen molar-refractivity contribution in [2.45, 2.75) is 64.3 Å². The lowest BCUT2D eigenvalue weighted by molar-refractivity contribution is -0.134. The first kappa shape index (κ1) is 30.5. The number of aliphatic hydroxyl groups is 1. The van der Waals surface area contributed by atoms with E-state index in [1.165, 1.54) is 18.2 Å². The van der Waals surface area contributed by atoms with Crippen molar-refractivity contribution in [3.05, 3.63) is 29.3 Å². The van der Waals surface area contributed by atoms with E-state index in [9.17, 15) is 29.4 Å². The quantitative estimate of drug-likeness (QED) is 0.0660. The molecule has 0 aliphatic carbocycles. The van der Waals surface area contributed by atoms with E-state index >= 15 is 0 Å². The Hall–Kier alpha value is -3.71. The number of nitrogens with two attached hydrogens (primary N) is 2. The molecule has 1 aliphatic heterocycles. The van der Waals surface area contributed by atoms with Gasteiger partial charge in [-0.2, -0.15) is 0 Å². The molecular formula is C25H38N6O7. The van der Waals surface area contributed by atoms with Crippen LogP contribution in [0.25, 0.3) is 0 Å². The number of carbonyl (C=O) groups excluding carboxylic acids is 4. The molecule has 38 heavy (non-hydrogen) atoms. The molecule has 13 nitrogen and oxygen atoms in total. The number of aliphatic hydroxyl groups excluding tert-OH is 1. The van der Waals surface area contributed by atoms with Crippen molar-refractivity contribution in [1.82, 2.24) is 16.0 Å². The Morgan fingerprint density at radius 1 is 1.11 bits per heavy atom. The molecular weight excluding hydrogens is 496 g/mol. The maximum atomic E-state index is 13.0. The van der Waals surface area contributed by atoms with Gasteiger partial charge in [-0.1, -0.05) is 19.9 Å². The molecule has 1 saturated heterocycles. The Kier molecular flexibility index (Phi) is 10.6. The molecule has 2 rings (SSSR count). The molecule has 4 atom stereocenters. The first-order valence-corrected chi connectivity index (χ1v) is 12.4. The number of nitrogens with zero attached hydrogens (tertiary/aromatic N) is 1. The number of hydrogen-bond donors (Lipinski definition) is 7. The predicted octanol–water partition coefficient (Wildman–Crippen LogP) is -1.17. The largest absolute Gasteiger partial charge is 0.508 e. The third kappa shape index (κ3) is 8.15. The zero-order valence-corrected chi connectivity index (χ0v) is 22.1. The van der Waals surface area contributed by atoms with E-state index in [-0.39, 0.29) is 48.5 Å². The van der Waals surface area contributed by atoms with E-state index < -0.39 is 48.1 Å².